The lowest BCUT2D eigenvalue weighted by atomic mass is 10.2. The number of benzene rings is 1. The van der Waals surface area contributed by atoms with Crippen molar-refractivity contribution < 1.29 is 19.5 Å². The van der Waals surface area contributed by atoms with Gasteiger partial charge in [-0.25, -0.2) is 4.98 Å². The van der Waals surface area contributed by atoms with Crippen molar-refractivity contribution in [2.75, 3.05) is 0 Å². The van der Waals surface area contributed by atoms with Crippen molar-refractivity contribution in [1.29, 1.82) is 0 Å². The number of hydrogen-bond donors (Lipinski definition) is 3. The average Bonchev–Trinajstić information content (AvgIpc) is 2.59. The molecule has 1 heterocycles. The lowest BCUT2D eigenvalue weighted by Crippen LogP contribution is -2.30. The van der Waals surface area contributed by atoms with E-state index in [1.807, 2.05) is 25.1 Å². The van der Waals surface area contributed by atoms with Crippen LogP contribution in [0.2, 0.25) is 0 Å². The van der Waals surface area contributed by atoms with Crippen LogP contribution in [0.15, 0.2) is 24.5 Å². The van der Waals surface area contributed by atoms with Crippen LogP contribution in [0.3, 0.4) is 0 Å². The summed E-state index contributed by atoms with van der Waals surface area (Å²) in [7, 11) is -4.59. The Bertz CT molecular complexity index is 629. The standard InChI is InChI=1S/C11H15N2O4P/c1-8-3-4-9-10(5-8)13(7-12-9)6-11(2,14)18(15,16)17/h3-5,7,14H,6H2,1-2H3,(H2,15,16,17). The third kappa shape index (κ3) is 2.33. The quantitative estimate of drug-likeness (QED) is 0.729. The van der Waals surface area contributed by atoms with Crippen molar-refractivity contribution in [3.05, 3.63) is 30.1 Å². The van der Waals surface area contributed by atoms with Crippen molar-refractivity contribution in [2.24, 2.45) is 0 Å². The van der Waals surface area contributed by atoms with Crippen LogP contribution < -0.4 is 0 Å². The van der Waals surface area contributed by atoms with E-state index < -0.39 is 12.9 Å². The lowest BCUT2D eigenvalue weighted by Gasteiger charge is -2.24. The van der Waals surface area contributed by atoms with Gasteiger partial charge in [-0.3, -0.25) is 4.57 Å². The molecule has 18 heavy (non-hydrogen) atoms. The fourth-order valence-electron chi connectivity index (χ4n) is 1.71. The first-order valence-corrected chi connectivity index (χ1v) is 7.01. The Balaban J connectivity index is 2.44. The summed E-state index contributed by atoms with van der Waals surface area (Å²) in [6, 6.07) is 5.59. The zero-order chi connectivity index (χ0) is 13.6. The van der Waals surface area contributed by atoms with Gasteiger partial charge in [0.1, 0.15) is 0 Å². The summed E-state index contributed by atoms with van der Waals surface area (Å²) in [6.45, 7) is 2.82. The van der Waals surface area contributed by atoms with Gasteiger partial charge in [0.25, 0.3) is 0 Å². The lowest BCUT2D eigenvalue weighted by molar-refractivity contribution is 0.0924. The van der Waals surface area contributed by atoms with Crippen molar-refractivity contribution in [1.82, 2.24) is 9.55 Å². The van der Waals surface area contributed by atoms with Crippen LogP contribution >= 0.6 is 7.60 Å². The molecular formula is C11H15N2O4P. The Morgan fingerprint density at radius 1 is 1.44 bits per heavy atom. The zero-order valence-electron chi connectivity index (χ0n) is 10.1. The summed E-state index contributed by atoms with van der Waals surface area (Å²) in [5.41, 5.74) is 2.48. The number of rotatable bonds is 3. The van der Waals surface area contributed by atoms with E-state index in [1.165, 1.54) is 6.33 Å². The molecule has 0 saturated heterocycles. The fraction of sp³-hybridized carbons (Fsp3) is 0.364. The largest absolute Gasteiger partial charge is 0.376 e. The predicted octanol–water partition coefficient (Wildman–Crippen LogP) is 1.23. The molecule has 0 fully saturated rings. The second-order valence-electron chi connectivity index (χ2n) is 4.63. The van der Waals surface area contributed by atoms with Crippen LogP contribution in [-0.4, -0.2) is 29.8 Å². The molecule has 1 aromatic heterocycles. The van der Waals surface area contributed by atoms with Gasteiger partial charge in [-0.1, -0.05) is 6.07 Å². The first-order chi connectivity index (χ1) is 8.21. The number of imidazole rings is 1. The number of aryl methyl sites for hydroxylation is 1. The molecule has 98 valence electrons. The molecule has 2 rings (SSSR count). The molecule has 2 aromatic rings. The fourth-order valence-corrected chi connectivity index (χ4v) is 2.04. The van der Waals surface area contributed by atoms with Crippen LogP contribution in [0.1, 0.15) is 12.5 Å². The number of hydrogen-bond acceptors (Lipinski definition) is 3. The summed E-state index contributed by atoms with van der Waals surface area (Å²) in [5, 5.41) is 7.73. The first kappa shape index (κ1) is 13.2. The molecule has 1 aromatic carbocycles. The number of nitrogens with zero attached hydrogens (tertiary/aromatic N) is 2. The Hall–Kier alpha value is -1.20. The minimum absolute atomic E-state index is 0.211. The summed E-state index contributed by atoms with van der Waals surface area (Å²) in [5.74, 6) is 0. The second kappa shape index (κ2) is 4.17. The Kier molecular flexibility index (Phi) is 3.07. The van der Waals surface area contributed by atoms with Gasteiger partial charge in [0.15, 0.2) is 5.34 Å². The Morgan fingerprint density at radius 3 is 2.72 bits per heavy atom. The maximum absolute atomic E-state index is 11.2. The molecule has 0 saturated carbocycles. The molecule has 0 radical (unpaired) electrons. The van der Waals surface area contributed by atoms with Gasteiger partial charge < -0.3 is 19.5 Å². The van der Waals surface area contributed by atoms with E-state index in [9.17, 15) is 9.67 Å². The molecule has 0 aliphatic rings. The molecule has 1 unspecified atom stereocenters. The maximum Gasteiger partial charge on any atom is 0.358 e. The van der Waals surface area contributed by atoms with Crippen LogP contribution in [0.25, 0.3) is 11.0 Å². The summed E-state index contributed by atoms with van der Waals surface area (Å²) in [6.07, 6.45) is 1.47. The van der Waals surface area contributed by atoms with E-state index in [-0.39, 0.29) is 6.54 Å². The monoisotopic (exact) mass is 270 g/mol. The van der Waals surface area contributed by atoms with Gasteiger partial charge in [0.2, 0.25) is 0 Å². The van der Waals surface area contributed by atoms with Crippen LogP contribution in [0, 0.1) is 6.92 Å². The van der Waals surface area contributed by atoms with E-state index in [1.54, 1.807) is 4.57 Å². The van der Waals surface area contributed by atoms with Crippen molar-refractivity contribution in [2.45, 2.75) is 25.7 Å². The molecule has 0 aliphatic heterocycles. The smallest absolute Gasteiger partial charge is 0.358 e. The number of fused-ring (bicyclic) bond motifs is 1. The number of aromatic nitrogens is 2. The SMILES string of the molecule is Cc1ccc2ncn(CC(C)(O)P(=O)(O)O)c2c1. The molecule has 0 amide bonds. The van der Waals surface area contributed by atoms with E-state index in [0.717, 1.165) is 23.5 Å². The van der Waals surface area contributed by atoms with Gasteiger partial charge in [0.05, 0.1) is 23.9 Å². The normalized spacial score (nSPS) is 15.8. The van der Waals surface area contributed by atoms with Gasteiger partial charge in [-0.05, 0) is 31.5 Å². The summed E-state index contributed by atoms with van der Waals surface area (Å²) >= 11 is 0. The molecule has 0 bridgehead atoms. The first-order valence-electron chi connectivity index (χ1n) is 5.40. The minimum atomic E-state index is -4.59. The zero-order valence-corrected chi connectivity index (χ0v) is 11.0. The van der Waals surface area contributed by atoms with Crippen molar-refractivity contribution in [3.63, 3.8) is 0 Å². The highest BCUT2D eigenvalue weighted by molar-refractivity contribution is 7.53. The highest BCUT2D eigenvalue weighted by atomic mass is 31.2. The molecule has 3 N–H and O–H groups in total. The molecule has 0 aliphatic carbocycles. The third-order valence-electron chi connectivity index (χ3n) is 2.87. The summed E-state index contributed by atoms with van der Waals surface area (Å²) < 4.78 is 12.7. The van der Waals surface area contributed by atoms with Crippen molar-refractivity contribution >= 4 is 18.6 Å². The van der Waals surface area contributed by atoms with Crippen LogP contribution in [0.5, 0.6) is 0 Å². The van der Waals surface area contributed by atoms with E-state index in [2.05, 4.69) is 4.98 Å². The summed E-state index contributed by atoms with van der Waals surface area (Å²) in [4.78, 5) is 22.3. The minimum Gasteiger partial charge on any atom is -0.376 e. The number of aliphatic hydroxyl groups is 1. The van der Waals surface area contributed by atoms with Gasteiger partial charge in [-0.2, -0.15) is 0 Å². The topological polar surface area (TPSA) is 95.6 Å². The van der Waals surface area contributed by atoms with Crippen molar-refractivity contribution in [3.8, 4) is 0 Å². The second-order valence-corrected chi connectivity index (χ2v) is 6.68. The van der Waals surface area contributed by atoms with Crippen LogP contribution in [-0.2, 0) is 11.1 Å². The molecule has 6 nitrogen and oxygen atoms in total. The van der Waals surface area contributed by atoms with Gasteiger partial charge >= 0.3 is 7.60 Å². The van der Waals surface area contributed by atoms with Crippen LogP contribution in [0.4, 0.5) is 0 Å². The maximum atomic E-state index is 11.2. The highest BCUT2D eigenvalue weighted by Crippen LogP contribution is 2.49. The predicted molar refractivity (Wildman–Crippen MR) is 67.1 cm³/mol. The van der Waals surface area contributed by atoms with E-state index in [0.29, 0.717) is 0 Å². The van der Waals surface area contributed by atoms with E-state index in [4.69, 9.17) is 9.79 Å². The highest BCUT2D eigenvalue weighted by Gasteiger charge is 2.40. The molecule has 1 atom stereocenters. The Labute approximate surface area is 104 Å². The molecule has 0 spiro atoms. The van der Waals surface area contributed by atoms with E-state index >= 15 is 0 Å². The van der Waals surface area contributed by atoms with Gasteiger partial charge in [-0.15, -0.1) is 0 Å². The molecule has 7 heteroatoms. The molecular weight excluding hydrogens is 255 g/mol. The average molecular weight is 270 g/mol. The van der Waals surface area contributed by atoms with Gasteiger partial charge in [0, 0.05) is 0 Å². The third-order valence-corrected chi connectivity index (χ3v) is 4.27. The Morgan fingerprint density at radius 2 is 2.11 bits per heavy atom.